The zero-order valence-corrected chi connectivity index (χ0v) is 7.60. The summed E-state index contributed by atoms with van der Waals surface area (Å²) in [5, 5.41) is 8.86. The van der Waals surface area contributed by atoms with Crippen molar-refractivity contribution in [2.75, 3.05) is 0 Å². The van der Waals surface area contributed by atoms with Crippen LogP contribution in [0.5, 0.6) is 0 Å². The molecule has 0 bridgehead atoms. The molecule has 2 atom stereocenters. The molecule has 0 saturated carbocycles. The van der Waals surface area contributed by atoms with Crippen molar-refractivity contribution in [3.05, 3.63) is 0 Å². The van der Waals surface area contributed by atoms with Crippen molar-refractivity contribution >= 4 is 17.7 Å². The van der Waals surface area contributed by atoms with Gasteiger partial charge in [-0.05, 0) is 12.8 Å². The predicted octanol–water partition coefficient (Wildman–Crippen LogP) is -0.207. The molecule has 2 unspecified atom stereocenters. The van der Waals surface area contributed by atoms with Crippen LogP contribution < -0.4 is 0 Å². The predicted molar refractivity (Wildman–Crippen MR) is 45.5 cm³/mol. The Bertz CT molecular complexity index is 312. The van der Waals surface area contributed by atoms with Gasteiger partial charge in [-0.2, -0.15) is 0 Å². The molecule has 5 nitrogen and oxygen atoms in total. The molecule has 2 saturated heterocycles. The third-order valence-corrected chi connectivity index (χ3v) is 2.89. The molecule has 1 amide bonds. The number of hydrogen-bond donors (Lipinski definition) is 1. The smallest absolute Gasteiger partial charge is 0.326 e. The molecule has 0 radical (unpaired) electrons. The lowest BCUT2D eigenvalue weighted by molar-refractivity contribution is -0.153. The molecular weight excluding hydrogens is 186 g/mol. The number of amides is 1. The average molecular weight is 197 g/mol. The van der Waals surface area contributed by atoms with Crippen LogP contribution in [0, 0.1) is 0 Å². The van der Waals surface area contributed by atoms with Crippen LogP contribution in [0.15, 0.2) is 0 Å². The maximum absolute atomic E-state index is 11.4. The van der Waals surface area contributed by atoms with Crippen LogP contribution in [0.4, 0.5) is 0 Å². The fourth-order valence-electron chi connectivity index (χ4n) is 2.30. The van der Waals surface area contributed by atoms with E-state index >= 15 is 0 Å². The van der Waals surface area contributed by atoms with E-state index in [0.29, 0.717) is 19.3 Å². The van der Waals surface area contributed by atoms with Gasteiger partial charge in [0.2, 0.25) is 5.91 Å². The number of carbonyl (C=O) groups is 3. The summed E-state index contributed by atoms with van der Waals surface area (Å²) in [6, 6.07) is -0.870. The molecular formula is C9H11NO4. The van der Waals surface area contributed by atoms with Crippen molar-refractivity contribution < 1.29 is 19.5 Å². The summed E-state index contributed by atoms with van der Waals surface area (Å²) in [6.07, 6.45) is 1.31. The maximum Gasteiger partial charge on any atom is 0.326 e. The molecule has 1 N–H and O–H groups in total. The fourth-order valence-corrected chi connectivity index (χ4v) is 2.30. The minimum absolute atomic E-state index is 0.0673. The van der Waals surface area contributed by atoms with Gasteiger partial charge in [-0.25, -0.2) is 4.79 Å². The Kier molecular flexibility index (Phi) is 2.02. The first-order valence-corrected chi connectivity index (χ1v) is 4.65. The fraction of sp³-hybridized carbons (Fsp3) is 0.667. The number of ketones is 1. The number of Topliss-reactive ketones (excluding diaryl/α,β-unsaturated/α-hetero) is 1. The van der Waals surface area contributed by atoms with Crippen molar-refractivity contribution in [3.63, 3.8) is 0 Å². The topological polar surface area (TPSA) is 74.7 Å². The Morgan fingerprint density at radius 2 is 2.07 bits per heavy atom. The minimum Gasteiger partial charge on any atom is -0.480 e. The molecule has 2 heterocycles. The Morgan fingerprint density at radius 3 is 2.71 bits per heavy atom. The van der Waals surface area contributed by atoms with E-state index in [1.54, 1.807) is 0 Å². The molecule has 2 fully saturated rings. The second-order valence-corrected chi connectivity index (χ2v) is 3.81. The van der Waals surface area contributed by atoms with E-state index in [1.807, 2.05) is 0 Å². The van der Waals surface area contributed by atoms with Gasteiger partial charge in [0.05, 0.1) is 6.42 Å². The van der Waals surface area contributed by atoms with Crippen LogP contribution in [0.1, 0.15) is 25.7 Å². The van der Waals surface area contributed by atoms with Crippen molar-refractivity contribution in [1.29, 1.82) is 0 Å². The van der Waals surface area contributed by atoms with Gasteiger partial charge in [-0.1, -0.05) is 0 Å². The van der Waals surface area contributed by atoms with Gasteiger partial charge in [0.15, 0.2) is 0 Å². The summed E-state index contributed by atoms with van der Waals surface area (Å²) in [5.74, 6) is -1.35. The van der Waals surface area contributed by atoms with Gasteiger partial charge in [0.1, 0.15) is 11.8 Å². The van der Waals surface area contributed by atoms with E-state index in [0.717, 1.165) is 0 Å². The number of carbonyl (C=O) groups excluding carboxylic acids is 2. The summed E-state index contributed by atoms with van der Waals surface area (Å²) in [6.45, 7) is 0. The maximum atomic E-state index is 11.4. The first-order valence-electron chi connectivity index (χ1n) is 4.65. The van der Waals surface area contributed by atoms with Gasteiger partial charge in [-0.15, -0.1) is 0 Å². The Morgan fingerprint density at radius 1 is 1.36 bits per heavy atom. The van der Waals surface area contributed by atoms with Gasteiger partial charge < -0.3 is 10.0 Å². The van der Waals surface area contributed by atoms with Gasteiger partial charge in [-0.3, -0.25) is 9.59 Å². The molecule has 5 heteroatoms. The summed E-state index contributed by atoms with van der Waals surface area (Å²) >= 11 is 0. The minimum atomic E-state index is -0.963. The quantitative estimate of drug-likeness (QED) is 0.590. The van der Waals surface area contributed by atoms with Gasteiger partial charge in [0, 0.05) is 12.5 Å². The third-order valence-electron chi connectivity index (χ3n) is 2.89. The van der Waals surface area contributed by atoms with Crippen molar-refractivity contribution in [1.82, 2.24) is 4.90 Å². The zero-order valence-electron chi connectivity index (χ0n) is 7.60. The Hall–Kier alpha value is -1.39. The molecule has 0 aromatic carbocycles. The second-order valence-electron chi connectivity index (χ2n) is 3.81. The van der Waals surface area contributed by atoms with Gasteiger partial charge in [0.25, 0.3) is 0 Å². The van der Waals surface area contributed by atoms with E-state index in [9.17, 15) is 14.4 Å². The number of carboxylic acid groups (broad SMARTS) is 1. The van der Waals surface area contributed by atoms with Crippen molar-refractivity contribution in [2.45, 2.75) is 37.8 Å². The summed E-state index contributed by atoms with van der Waals surface area (Å²) in [4.78, 5) is 34.7. The number of hydrogen-bond acceptors (Lipinski definition) is 3. The van der Waals surface area contributed by atoms with Crippen LogP contribution >= 0.6 is 0 Å². The lowest BCUT2D eigenvalue weighted by atomic mass is 10.0. The summed E-state index contributed by atoms with van der Waals surface area (Å²) < 4.78 is 0. The van der Waals surface area contributed by atoms with E-state index < -0.39 is 12.0 Å². The number of piperidine rings is 1. The van der Waals surface area contributed by atoms with Crippen LogP contribution in [0.3, 0.4) is 0 Å². The Balaban J connectivity index is 2.21. The van der Waals surface area contributed by atoms with E-state index in [4.69, 9.17) is 5.11 Å². The molecule has 14 heavy (non-hydrogen) atoms. The first-order chi connectivity index (χ1) is 6.59. The normalized spacial score (nSPS) is 31.9. The van der Waals surface area contributed by atoms with Crippen LogP contribution in [-0.2, 0) is 14.4 Å². The number of aliphatic carboxylic acids is 1. The molecule has 2 rings (SSSR count). The summed E-state index contributed by atoms with van der Waals surface area (Å²) in [5.41, 5.74) is 0. The standard InChI is InChI=1S/C9H11NO4/c11-6-3-5-1-2-7(9(13)14)10(5)8(12)4-6/h5,7H,1-4H2,(H,13,14). The van der Waals surface area contributed by atoms with E-state index in [2.05, 4.69) is 0 Å². The monoisotopic (exact) mass is 197 g/mol. The van der Waals surface area contributed by atoms with Crippen molar-refractivity contribution in [3.8, 4) is 0 Å². The molecule has 2 aliphatic heterocycles. The van der Waals surface area contributed by atoms with E-state index in [-0.39, 0.29) is 24.2 Å². The van der Waals surface area contributed by atoms with E-state index in [1.165, 1.54) is 4.90 Å². The summed E-state index contributed by atoms with van der Waals surface area (Å²) in [7, 11) is 0. The highest BCUT2D eigenvalue weighted by molar-refractivity contribution is 6.02. The second kappa shape index (κ2) is 3.08. The molecule has 76 valence electrons. The molecule has 0 aromatic heterocycles. The highest BCUT2D eigenvalue weighted by Gasteiger charge is 2.44. The van der Waals surface area contributed by atoms with Crippen LogP contribution in [0.25, 0.3) is 0 Å². The van der Waals surface area contributed by atoms with Crippen LogP contribution in [0.2, 0.25) is 0 Å². The number of fused-ring (bicyclic) bond motifs is 1. The largest absolute Gasteiger partial charge is 0.480 e. The lowest BCUT2D eigenvalue weighted by Gasteiger charge is -2.31. The average Bonchev–Trinajstić information content (AvgIpc) is 2.47. The SMILES string of the molecule is O=C1CC(=O)N2C(CCC2C(=O)O)C1. The third kappa shape index (κ3) is 1.29. The molecule has 0 aromatic rings. The van der Waals surface area contributed by atoms with Crippen LogP contribution in [-0.4, -0.2) is 39.7 Å². The first kappa shape index (κ1) is 9.18. The molecule has 0 aliphatic carbocycles. The Labute approximate surface area is 80.7 Å². The molecule has 0 spiro atoms. The number of nitrogens with zero attached hydrogens (tertiary/aromatic N) is 1. The number of rotatable bonds is 1. The highest BCUT2D eigenvalue weighted by atomic mass is 16.4. The molecule has 2 aliphatic rings. The number of carboxylic acids is 1. The van der Waals surface area contributed by atoms with Crippen molar-refractivity contribution in [2.24, 2.45) is 0 Å². The van der Waals surface area contributed by atoms with Gasteiger partial charge >= 0.3 is 5.97 Å². The zero-order chi connectivity index (χ0) is 10.3. The lowest BCUT2D eigenvalue weighted by Crippen LogP contribution is -2.49. The highest BCUT2D eigenvalue weighted by Crippen LogP contribution is 2.30.